The van der Waals surface area contributed by atoms with E-state index in [0.717, 1.165) is 11.7 Å². The lowest BCUT2D eigenvalue weighted by molar-refractivity contribution is -0.181. The van der Waals surface area contributed by atoms with Crippen molar-refractivity contribution in [3.63, 3.8) is 0 Å². The summed E-state index contributed by atoms with van der Waals surface area (Å²) in [6.45, 7) is 12.1. The van der Waals surface area contributed by atoms with E-state index in [4.69, 9.17) is 4.74 Å². The Labute approximate surface area is 118 Å². The van der Waals surface area contributed by atoms with Crippen LogP contribution in [-0.2, 0) is 4.74 Å². The molecule has 2 saturated carbocycles. The van der Waals surface area contributed by atoms with Crippen LogP contribution < -0.4 is 0 Å². The van der Waals surface area contributed by atoms with Crippen LogP contribution in [0.5, 0.6) is 0 Å². The van der Waals surface area contributed by atoms with Crippen LogP contribution in [0.15, 0.2) is 11.8 Å². The molecular formula is C18H30O. The molecule has 0 amide bonds. The van der Waals surface area contributed by atoms with E-state index in [1.54, 1.807) is 0 Å². The maximum atomic E-state index is 6.32. The molecule has 0 radical (unpaired) electrons. The molecule has 1 nitrogen and oxygen atoms in total. The van der Waals surface area contributed by atoms with Crippen molar-refractivity contribution in [1.29, 1.82) is 0 Å². The topological polar surface area (TPSA) is 9.23 Å². The van der Waals surface area contributed by atoms with Crippen LogP contribution in [0.3, 0.4) is 0 Å². The molecule has 0 N–H and O–H groups in total. The van der Waals surface area contributed by atoms with E-state index in [0.29, 0.717) is 16.7 Å². The van der Waals surface area contributed by atoms with Gasteiger partial charge in [-0.3, -0.25) is 0 Å². The summed E-state index contributed by atoms with van der Waals surface area (Å²) in [5.74, 6) is 2.74. The Bertz CT molecular complexity index is 408. The zero-order valence-electron chi connectivity index (χ0n) is 13.4. The number of fused-ring (bicyclic) bond motifs is 3. The third-order valence-electron chi connectivity index (χ3n) is 6.77. The van der Waals surface area contributed by atoms with Gasteiger partial charge in [0.1, 0.15) is 5.60 Å². The fourth-order valence-corrected chi connectivity index (χ4v) is 5.94. The Morgan fingerprint density at radius 1 is 1.05 bits per heavy atom. The molecule has 2 aliphatic carbocycles. The van der Waals surface area contributed by atoms with Gasteiger partial charge in [0.2, 0.25) is 0 Å². The number of hydrogen-bond donors (Lipinski definition) is 0. The van der Waals surface area contributed by atoms with Crippen molar-refractivity contribution in [2.75, 3.05) is 0 Å². The minimum atomic E-state index is 0.0947. The highest BCUT2D eigenvalue weighted by Crippen LogP contribution is 2.64. The molecule has 3 aliphatic rings. The van der Waals surface area contributed by atoms with Gasteiger partial charge in [-0.1, -0.05) is 27.2 Å². The van der Waals surface area contributed by atoms with E-state index >= 15 is 0 Å². The van der Waals surface area contributed by atoms with Crippen LogP contribution >= 0.6 is 0 Å². The van der Waals surface area contributed by atoms with E-state index < -0.39 is 0 Å². The Kier molecular flexibility index (Phi) is 2.86. The Morgan fingerprint density at radius 3 is 2.53 bits per heavy atom. The number of hydrogen-bond acceptors (Lipinski definition) is 1. The summed E-state index contributed by atoms with van der Waals surface area (Å²) in [6, 6.07) is 0. The minimum absolute atomic E-state index is 0.0947. The monoisotopic (exact) mass is 262 g/mol. The lowest BCUT2D eigenvalue weighted by Gasteiger charge is -2.62. The van der Waals surface area contributed by atoms with Gasteiger partial charge < -0.3 is 4.74 Å². The molecule has 0 unspecified atom stereocenters. The standard InChI is InChI=1S/C18H30O/c1-13-7-8-15-17(4)11-6-10-16(2,3)14(17)9-12-18(15,5)19-13/h7,14-15H,6,8-12H2,1-5H3/t14-,15+,17+,18+/m0/s1. The van der Waals surface area contributed by atoms with Gasteiger partial charge >= 0.3 is 0 Å². The summed E-state index contributed by atoms with van der Waals surface area (Å²) in [5, 5.41) is 0. The number of ether oxygens (including phenoxy) is 1. The van der Waals surface area contributed by atoms with Crippen LogP contribution in [-0.4, -0.2) is 5.60 Å². The normalized spacial score (nSPS) is 48.6. The first kappa shape index (κ1) is 13.5. The molecule has 0 aromatic rings. The summed E-state index contributed by atoms with van der Waals surface area (Å²) in [6.07, 6.45) is 10.4. The first-order valence-electron chi connectivity index (χ1n) is 8.14. The van der Waals surface area contributed by atoms with Crippen molar-refractivity contribution in [3.8, 4) is 0 Å². The fourth-order valence-electron chi connectivity index (χ4n) is 5.94. The highest BCUT2D eigenvalue weighted by Gasteiger charge is 2.59. The Hall–Kier alpha value is -0.460. The third-order valence-corrected chi connectivity index (χ3v) is 6.77. The smallest absolute Gasteiger partial charge is 0.109 e. The molecule has 0 saturated heterocycles. The molecule has 1 aliphatic heterocycles. The molecule has 2 fully saturated rings. The minimum Gasteiger partial charge on any atom is -0.492 e. The van der Waals surface area contributed by atoms with Crippen molar-refractivity contribution in [2.24, 2.45) is 22.7 Å². The van der Waals surface area contributed by atoms with Crippen molar-refractivity contribution >= 4 is 0 Å². The van der Waals surface area contributed by atoms with Crippen molar-refractivity contribution in [2.45, 2.75) is 78.7 Å². The van der Waals surface area contributed by atoms with Crippen molar-refractivity contribution < 1.29 is 4.74 Å². The summed E-state index contributed by atoms with van der Waals surface area (Å²) < 4.78 is 6.32. The molecule has 3 rings (SSSR count). The fraction of sp³-hybridized carbons (Fsp3) is 0.889. The van der Waals surface area contributed by atoms with Gasteiger partial charge in [-0.2, -0.15) is 0 Å². The lowest BCUT2D eigenvalue weighted by atomic mass is 9.45. The molecule has 19 heavy (non-hydrogen) atoms. The first-order valence-corrected chi connectivity index (χ1v) is 8.14. The van der Waals surface area contributed by atoms with Crippen LogP contribution in [0, 0.1) is 22.7 Å². The molecule has 0 spiro atoms. The average molecular weight is 262 g/mol. The Balaban J connectivity index is 1.99. The van der Waals surface area contributed by atoms with Crippen molar-refractivity contribution in [1.82, 2.24) is 0 Å². The molecule has 108 valence electrons. The van der Waals surface area contributed by atoms with Crippen LogP contribution in [0.25, 0.3) is 0 Å². The van der Waals surface area contributed by atoms with E-state index in [1.807, 2.05) is 0 Å². The quantitative estimate of drug-likeness (QED) is 0.574. The molecule has 0 aromatic carbocycles. The lowest BCUT2D eigenvalue weighted by Crippen LogP contribution is -2.58. The molecular weight excluding hydrogens is 232 g/mol. The molecule has 4 atom stereocenters. The van der Waals surface area contributed by atoms with E-state index in [9.17, 15) is 0 Å². The SMILES string of the molecule is CC1=CC[C@@H]2[C@]3(C)CCCC(C)(C)[C@@H]3CC[C@@]2(C)O1. The van der Waals surface area contributed by atoms with Gasteiger partial charge in [0, 0.05) is 5.92 Å². The van der Waals surface area contributed by atoms with Gasteiger partial charge in [-0.15, -0.1) is 0 Å². The molecule has 1 heteroatoms. The van der Waals surface area contributed by atoms with Crippen LogP contribution in [0.1, 0.15) is 73.1 Å². The van der Waals surface area contributed by atoms with Crippen LogP contribution in [0.2, 0.25) is 0 Å². The second-order valence-electron chi connectivity index (χ2n) is 8.46. The maximum Gasteiger partial charge on any atom is 0.109 e. The number of allylic oxidation sites excluding steroid dienone is 2. The van der Waals surface area contributed by atoms with Gasteiger partial charge in [-0.05, 0) is 68.8 Å². The Morgan fingerprint density at radius 2 is 1.79 bits per heavy atom. The average Bonchev–Trinajstić information content (AvgIpc) is 2.25. The maximum absolute atomic E-state index is 6.32. The number of rotatable bonds is 0. The molecule has 0 aromatic heterocycles. The van der Waals surface area contributed by atoms with Crippen LogP contribution in [0.4, 0.5) is 0 Å². The second kappa shape index (κ2) is 4.02. The predicted octanol–water partition coefficient (Wildman–Crippen LogP) is 5.31. The first-order chi connectivity index (χ1) is 8.78. The third kappa shape index (κ3) is 1.87. The summed E-state index contributed by atoms with van der Waals surface area (Å²) in [4.78, 5) is 0. The second-order valence-corrected chi connectivity index (χ2v) is 8.46. The van der Waals surface area contributed by atoms with Crippen molar-refractivity contribution in [3.05, 3.63) is 11.8 Å². The van der Waals surface area contributed by atoms with Gasteiger partial charge in [0.15, 0.2) is 0 Å². The van der Waals surface area contributed by atoms with Gasteiger partial charge in [-0.25, -0.2) is 0 Å². The largest absolute Gasteiger partial charge is 0.492 e. The summed E-state index contributed by atoms with van der Waals surface area (Å²) >= 11 is 0. The molecule has 1 heterocycles. The zero-order valence-corrected chi connectivity index (χ0v) is 13.4. The van der Waals surface area contributed by atoms with Gasteiger partial charge in [0.05, 0.1) is 5.76 Å². The summed E-state index contributed by atoms with van der Waals surface area (Å²) in [7, 11) is 0. The highest BCUT2D eigenvalue weighted by molar-refractivity contribution is 5.13. The van der Waals surface area contributed by atoms with Gasteiger partial charge in [0.25, 0.3) is 0 Å². The highest BCUT2D eigenvalue weighted by atomic mass is 16.5. The zero-order chi connectivity index (χ0) is 13.9. The van der Waals surface area contributed by atoms with E-state index in [1.165, 1.54) is 38.5 Å². The predicted molar refractivity (Wildman–Crippen MR) is 79.8 cm³/mol. The molecule has 0 bridgehead atoms. The van der Waals surface area contributed by atoms with E-state index in [-0.39, 0.29) is 5.60 Å². The summed E-state index contributed by atoms with van der Waals surface area (Å²) in [5.41, 5.74) is 1.09. The van der Waals surface area contributed by atoms with E-state index in [2.05, 4.69) is 40.7 Å².